The molecule has 0 radical (unpaired) electrons. The Hall–Kier alpha value is -2.23. The quantitative estimate of drug-likeness (QED) is 0.922. The number of carbonyl (C=O) groups is 1. The van der Waals surface area contributed by atoms with Crippen LogP contribution in [0.2, 0.25) is 0 Å². The van der Waals surface area contributed by atoms with Crippen LogP contribution in [0.3, 0.4) is 0 Å². The lowest BCUT2D eigenvalue weighted by Gasteiger charge is -2.17. The van der Waals surface area contributed by atoms with Crippen molar-refractivity contribution in [1.29, 1.82) is 5.26 Å². The molecule has 2 N–H and O–H groups in total. The molecular formula is C13H12N4OS. The van der Waals surface area contributed by atoms with Crippen LogP contribution in [0.25, 0.3) is 0 Å². The molecule has 0 aliphatic heterocycles. The van der Waals surface area contributed by atoms with Gasteiger partial charge in [-0.3, -0.25) is 4.79 Å². The van der Waals surface area contributed by atoms with Gasteiger partial charge in [0.05, 0.1) is 11.3 Å². The number of nitrogens with zero attached hydrogens (tertiary/aromatic N) is 3. The van der Waals surface area contributed by atoms with Gasteiger partial charge in [-0.05, 0) is 12.1 Å². The highest BCUT2D eigenvalue weighted by Crippen LogP contribution is 2.20. The molecule has 6 heteroatoms. The fraction of sp³-hybridized carbons (Fsp3) is 0.154. The number of aromatic nitrogens is 1. The molecule has 0 fully saturated rings. The molecule has 2 rings (SSSR count). The van der Waals surface area contributed by atoms with E-state index in [0.29, 0.717) is 28.5 Å². The second-order valence-electron chi connectivity index (χ2n) is 3.82. The summed E-state index contributed by atoms with van der Waals surface area (Å²) in [7, 11) is 1.62. The fourth-order valence-corrected chi connectivity index (χ4v) is 2.29. The largest absolute Gasteiger partial charge is 0.325 e. The third kappa shape index (κ3) is 2.62. The van der Waals surface area contributed by atoms with E-state index in [4.69, 9.17) is 11.0 Å². The summed E-state index contributed by atoms with van der Waals surface area (Å²) in [6.07, 6.45) is 0. The predicted molar refractivity (Wildman–Crippen MR) is 73.9 cm³/mol. The highest BCUT2D eigenvalue weighted by atomic mass is 32.1. The maximum absolute atomic E-state index is 12.3. The van der Waals surface area contributed by atoms with Gasteiger partial charge in [0.1, 0.15) is 16.8 Å². The van der Waals surface area contributed by atoms with E-state index in [2.05, 4.69) is 11.1 Å². The third-order valence-corrected chi connectivity index (χ3v) is 3.51. The number of carbonyl (C=O) groups excluding carboxylic acids is 1. The number of hydrogen-bond acceptors (Lipinski definition) is 5. The summed E-state index contributed by atoms with van der Waals surface area (Å²) < 4.78 is 0. The zero-order valence-electron chi connectivity index (χ0n) is 10.3. The number of amides is 1. The van der Waals surface area contributed by atoms with Crippen molar-refractivity contribution in [3.8, 4) is 6.07 Å². The molecule has 1 amide bonds. The number of para-hydroxylation sites is 1. The van der Waals surface area contributed by atoms with Gasteiger partial charge < -0.3 is 10.6 Å². The van der Waals surface area contributed by atoms with Crippen LogP contribution < -0.4 is 10.6 Å². The smallest absolute Gasteiger partial charge is 0.277 e. The van der Waals surface area contributed by atoms with E-state index in [-0.39, 0.29) is 5.91 Å². The van der Waals surface area contributed by atoms with E-state index in [9.17, 15) is 4.79 Å². The minimum atomic E-state index is -0.251. The van der Waals surface area contributed by atoms with Crippen molar-refractivity contribution < 1.29 is 4.79 Å². The van der Waals surface area contributed by atoms with E-state index in [0.717, 1.165) is 0 Å². The number of hydrogen-bond donors (Lipinski definition) is 1. The van der Waals surface area contributed by atoms with Crippen LogP contribution in [-0.4, -0.2) is 17.9 Å². The Labute approximate surface area is 114 Å². The van der Waals surface area contributed by atoms with Crippen LogP contribution in [0, 0.1) is 11.3 Å². The van der Waals surface area contributed by atoms with Crippen molar-refractivity contribution in [2.24, 2.45) is 5.73 Å². The minimum Gasteiger partial charge on any atom is -0.325 e. The first-order valence-electron chi connectivity index (χ1n) is 5.59. The molecule has 0 atom stereocenters. The van der Waals surface area contributed by atoms with Crippen molar-refractivity contribution >= 4 is 22.9 Å². The summed E-state index contributed by atoms with van der Waals surface area (Å²) in [5.74, 6) is -0.251. The first-order chi connectivity index (χ1) is 9.17. The number of anilines is 1. The Morgan fingerprint density at radius 2 is 2.26 bits per heavy atom. The maximum Gasteiger partial charge on any atom is 0.277 e. The average molecular weight is 272 g/mol. The van der Waals surface area contributed by atoms with Crippen LogP contribution in [0.5, 0.6) is 0 Å². The molecule has 1 aromatic carbocycles. The van der Waals surface area contributed by atoms with Gasteiger partial charge in [0.2, 0.25) is 0 Å². The molecule has 5 nitrogen and oxygen atoms in total. The first kappa shape index (κ1) is 13.2. The van der Waals surface area contributed by atoms with Crippen LogP contribution >= 0.6 is 11.3 Å². The van der Waals surface area contributed by atoms with Crippen molar-refractivity contribution in [3.63, 3.8) is 0 Å². The molecule has 0 spiro atoms. The van der Waals surface area contributed by atoms with Crippen LogP contribution in [-0.2, 0) is 6.54 Å². The van der Waals surface area contributed by atoms with Gasteiger partial charge >= 0.3 is 0 Å². The van der Waals surface area contributed by atoms with Crippen LogP contribution in [0.15, 0.2) is 29.6 Å². The molecule has 1 heterocycles. The molecule has 0 aliphatic carbocycles. The molecule has 0 saturated carbocycles. The van der Waals surface area contributed by atoms with E-state index in [1.54, 1.807) is 36.7 Å². The molecule has 0 unspecified atom stereocenters. The summed E-state index contributed by atoms with van der Waals surface area (Å²) in [4.78, 5) is 17.8. The monoisotopic (exact) mass is 272 g/mol. The van der Waals surface area contributed by atoms with Gasteiger partial charge in [-0.1, -0.05) is 12.1 Å². The lowest BCUT2D eigenvalue weighted by molar-refractivity contribution is 0.0988. The molecule has 96 valence electrons. The minimum absolute atomic E-state index is 0.251. The summed E-state index contributed by atoms with van der Waals surface area (Å²) in [5.41, 5.74) is 6.84. The highest BCUT2D eigenvalue weighted by Gasteiger charge is 2.18. The van der Waals surface area contributed by atoms with Gasteiger partial charge in [-0.15, -0.1) is 11.3 Å². The number of thiazole rings is 1. The molecular weight excluding hydrogens is 260 g/mol. The zero-order chi connectivity index (χ0) is 13.8. The fourth-order valence-electron chi connectivity index (χ4n) is 1.64. The maximum atomic E-state index is 12.3. The summed E-state index contributed by atoms with van der Waals surface area (Å²) in [6.45, 7) is 0.316. The predicted octanol–water partition coefficient (Wildman–Crippen LogP) is 1.75. The van der Waals surface area contributed by atoms with E-state index >= 15 is 0 Å². The summed E-state index contributed by atoms with van der Waals surface area (Å²) in [6, 6.07) is 9.01. The number of benzene rings is 1. The van der Waals surface area contributed by atoms with Crippen LogP contribution in [0.4, 0.5) is 5.69 Å². The average Bonchev–Trinajstić information content (AvgIpc) is 2.94. The van der Waals surface area contributed by atoms with E-state index < -0.39 is 0 Å². The molecule has 0 aliphatic rings. The van der Waals surface area contributed by atoms with Gasteiger partial charge in [-0.25, -0.2) is 4.98 Å². The molecule has 19 heavy (non-hydrogen) atoms. The Kier molecular flexibility index (Phi) is 3.90. The number of nitrogens with two attached hydrogens (primary N) is 1. The third-order valence-electron chi connectivity index (χ3n) is 2.64. The van der Waals surface area contributed by atoms with Gasteiger partial charge in [-0.2, -0.15) is 5.26 Å². The van der Waals surface area contributed by atoms with Crippen molar-refractivity contribution in [2.45, 2.75) is 6.54 Å². The van der Waals surface area contributed by atoms with Crippen LogP contribution in [0.1, 0.15) is 21.1 Å². The number of rotatable bonds is 3. The molecule has 2 aromatic rings. The first-order valence-corrected chi connectivity index (χ1v) is 6.47. The zero-order valence-corrected chi connectivity index (χ0v) is 11.1. The van der Waals surface area contributed by atoms with Crippen molar-refractivity contribution in [1.82, 2.24) is 4.98 Å². The van der Waals surface area contributed by atoms with E-state index in [1.165, 1.54) is 16.2 Å². The molecule has 0 bridgehead atoms. The van der Waals surface area contributed by atoms with E-state index in [1.807, 2.05) is 0 Å². The second kappa shape index (κ2) is 5.61. The lowest BCUT2D eigenvalue weighted by Crippen LogP contribution is -2.27. The Morgan fingerprint density at radius 1 is 1.53 bits per heavy atom. The van der Waals surface area contributed by atoms with Gasteiger partial charge in [0, 0.05) is 19.0 Å². The SMILES string of the molecule is CN(C(=O)c1csc(CN)n1)c1ccccc1C#N. The Balaban J connectivity index is 2.31. The standard InChI is InChI=1S/C13H12N4OS/c1-17(11-5-3-2-4-9(11)6-14)13(18)10-8-19-12(7-15)16-10/h2-5,8H,7,15H2,1H3. The molecule has 1 aromatic heterocycles. The van der Waals surface area contributed by atoms with Crippen molar-refractivity contribution in [3.05, 3.63) is 45.9 Å². The van der Waals surface area contributed by atoms with Gasteiger partial charge in [0.25, 0.3) is 5.91 Å². The topological polar surface area (TPSA) is 83.0 Å². The normalized spacial score (nSPS) is 9.95. The van der Waals surface area contributed by atoms with Gasteiger partial charge in [0.15, 0.2) is 0 Å². The second-order valence-corrected chi connectivity index (χ2v) is 4.77. The highest BCUT2D eigenvalue weighted by molar-refractivity contribution is 7.09. The van der Waals surface area contributed by atoms with Crippen molar-refractivity contribution in [2.75, 3.05) is 11.9 Å². The molecule has 0 saturated heterocycles. The number of nitriles is 1. The Bertz CT molecular complexity index is 644. The Morgan fingerprint density at radius 3 is 2.89 bits per heavy atom. The summed E-state index contributed by atoms with van der Waals surface area (Å²) >= 11 is 1.35. The lowest BCUT2D eigenvalue weighted by atomic mass is 10.2. The summed E-state index contributed by atoms with van der Waals surface area (Å²) in [5, 5.41) is 11.4.